The van der Waals surface area contributed by atoms with Gasteiger partial charge >= 0.3 is 0 Å². The summed E-state index contributed by atoms with van der Waals surface area (Å²) in [6.07, 6.45) is 3.63. The first-order valence-electron chi connectivity index (χ1n) is 7.86. The van der Waals surface area contributed by atoms with Crippen molar-refractivity contribution in [2.45, 2.75) is 27.7 Å². The molecule has 124 valence electrons. The van der Waals surface area contributed by atoms with E-state index in [2.05, 4.69) is 0 Å². The van der Waals surface area contributed by atoms with Crippen LogP contribution < -0.4 is 9.47 Å². The number of rotatable bonds is 4. The van der Waals surface area contributed by atoms with E-state index in [4.69, 9.17) is 13.9 Å². The molecule has 1 aromatic heterocycles. The Morgan fingerprint density at radius 1 is 1.17 bits per heavy atom. The molecule has 24 heavy (non-hydrogen) atoms. The third kappa shape index (κ3) is 3.13. The number of fused-ring (bicyclic) bond motifs is 1. The van der Waals surface area contributed by atoms with Crippen LogP contribution in [-0.4, -0.2) is 12.4 Å². The number of carbonyl (C=O) groups is 1. The van der Waals surface area contributed by atoms with E-state index in [-0.39, 0.29) is 11.5 Å². The van der Waals surface area contributed by atoms with Crippen LogP contribution in [0.3, 0.4) is 0 Å². The van der Waals surface area contributed by atoms with Gasteiger partial charge in [-0.2, -0.15) is 0 Å². The van der Waals surface area contributed by atoms with Crippen molar-refractivity contribution in [2.24, 2.45) is 0 Å². The molecule has 0 unspecified atom stereocenters. The van der Waals surface area contributed by atoms with Crippen LogP contribution in [0.25, 0.3) is 6.08 Å². The van der Waals surface area contributed by atoms with Crippen molar-refractivity contribution in [3.05, 3.63) is 64.3 Å². The summed E-state index contributed by atoms with van der Waals surface area (Å²) in [6.45, 7) is 8.28. The average Bonchev–Trinajstić information content (AvgIpc) is 3.07. The Labute approximate surface area is 141 Å². The molecule has 0 atom stereocenters. The molecule has 4 heteroatoms. The molecule has 1 aromatic carbocycles. The molecule has 0 amide bonds. The lowest BCUT2D eigenvalue weighted by Gasteiger charge is -2.10. The van der Waals surface area contributed by atoms with E-state index >= 15 is 0 Å². The molecule has 0 fully saturated rings. The van der Waals surface area contributed by atoms with Crippen LogP contribution in [0.5, 0.6) is 11.5 Å². The maximum atomic E-state index is 12.5. The summed E-state index contributed by atoms with van der Waals surface area (Å²) >= 11 is 0. The van der Waals surface area contributed by atoms with E-state index < -0.39 is 0 Å². The highest BCUT2D eigenvalue weighted by Crippen LogP contribution is 2.39. The van der Waals surface area contributed by atoms with Gasteiger partial charge in [0.15, 0.2) is 5.76 Å². The zero-order valence-corrected chi connectivity index (χ0v) is 14.3. The van der Waals surface area contributed by atoms with Crippen molar-refractivity contribution in [3.8, 4) is 11.5 Å². The minimum Gasteiger partial charge on any atom is -0.489 e. The topological polar surface area (TPSA) is 48.7 Å². The first-order valence-corrected chi connectivity index (χ1v) is 7.86. The predicted octanol–water partition coefficient (Wildman–Crippen LogP) is 4.86. The molecule has 2 heterocycles. The average molecular weight is 324 g/mol. The molecular weight excluding hydrogens is 304 g/mol. The number of hydrogen-bond donors (Lipinski definition) is 0. The fourth-order valence-corrected chi connectivity index (χ4v) is 2.48. The van der Waals surface area contributed by atoms with Gasteiger partial charge in [0.25, 0.3) is 0 Å². The Balaban J connectivity index is 1.87. The number of Topliss-reactive ketones (excluding diaryl/α,β-unsaturated/α-hetero) is 1. The maximum Gasteiger partial charge on any atom is 0.232 e. The minimum atomic E-state index is -0.141. The van der Waals surface area contributed by atoms with E-state index in [9.17, 15) is 4.79 Å². The van der Waals surface area contributed by atoms with Crippen LogP contribution in [0.15, 0.2) is 46.1 Å². The number of benzene rings is 1. The summed E-state index contributed by atoms with van der Waals surface area (Å²) in [4.78, 5) is 12.5. The van der Waals surface area contributed by atoms with Gasteiger partial charge in [0, 0.05) is 11.6 Å². The van der Waals surface area contributed by atoms with Gasteiger partial charge in [-0.05, 0) is 58.0 Å². The van der Waals surface area contributed by atoms with Gasteiger partial charge in [-0.3, -0.25) is 4.79 Å². The molecule has 0 spiro atoms. The van der Waals surface area contributed by atoms with E-state index in [1.165, 1.54) is 5.57 Å². The van der Waals surface area contributed by atoms with Gasteiger partial charge in [0.2, 0.25) is 5.78 Å². The Kier molecular flexibility index (Phi) is 4.30. The van der Waals surface area contributed by atoms with Crippen molar-refractivity contribution in [2.75, 3.05) is 6.61 Å². The largest absolute Gasteiger partial charge is 0.489 e. The van der Waals surface area contributed by atoms with Crippen molar-refractivity contribution >= 4 is 11.9 Å². The van der Waals surface area contributed by atoms with Crippen molar-refractivity contribution < 1.29 is 18.7 Å². The Morgan fingerprint density at radius 2 is 1.96 bits per heavy atom. The molecule has 0 saturated heterocycles. The summed E-state index contributed by atoms with van der Waals surface area (Å²) in [5.74, 6) is 2.79. The first-order chi connectivity index (χ1) is 11.5. The quantitative estimate of drug-likeness (QED) is 0.595. The highest BCUT2D eigenvalue weighted by Gasteiger charge is 2.30. The van der Waals surface area contributed by atoms with E-state index in [0.717, 1.165) is 11.3 Å². The number of ether oxygens (including phenoxy) is 2. The number of furan rings is 1. The summed E-state index contributed by atoms with van der Waals surface area (Å²) in [5, 5.41) is 0. The lowest BCUT2D eigenvalue weighted by atomic mass is 10.1. The zero-order chi connectivity index (χ0) is 17.3. The zero-order valence-electron chi connectivity index (χ0n) is 14.3. The SMILES string of the molecule is CC(C)=CCOc1ccc2c(c1C)O/C(=C\c1ccc(C)o1)C2=O. The number of carbonyl (C=O) groups excluding carboxylic acids is 1. The van der Waals surface area contributed by atoms with Crippen LogP contribution in [-0.2, 0) is 0 Å². The normalized spacial score (nSPS) is 14.5. The maximum absolute atomic E-state index is 12.5. The standard InChI is InChI=1S/C20H20O4/c1-12(2)9-10-22-17-8-7-16-19(21)18(24-20(16)14(17)4)11-15-6-5-13(3)23-15/h5-9,11H,10H2,1-4H3/b18-11-. The summed E-state index contributed by atoms with van der Waals surface area (Å²) in [5.41, 5.74) is 2.57. The number of hydrogen-bond acceptors (Lipinski definition) is 4. The smallest absolute Gasteiger partial charge is 0.232 e. The second kappa shape index (κ2) is 6.40. The lowest BCUT2D eigenvalue weighted by Crippen LogP contribution is -1.98. The van der Waals surface area contributed by atoms with Crippen LogP contribution in [0.1, 0.15) is 41.3 Å². The van der Waals surface area contributed by atoms with Crippen LogP contribution in [0, 0.1) is 13.8 Å². The first kappa shape index (κ1) is 16.1. The van der Waals surface area contributed by atoms with Gasteiger partial charge in [-0.25, -0.2) is 0 Å². The minimum absolute atomic E-state index is 0.141. The Hall–Kier alpha value is -2.75. The third-order valence-electron chi connectivity index (χ3n) is 3.80. The summed E-state index contributed by atoms with van der Waals surface area (Å²) < 4.78 is 17.0. The second-order valence-corrected chi connectivity index (χ2v) is 6.05. The van der Waals surface area contributed by atoms with E-state index in [1.54, 1.807) is 12.1 Å². The Morgan fingerprint density at radius 3 is 2.62 bits per heavy atom. The third-order valence-corrected chi connectivity index (χ3v) is 3.80. The van der Waals surface area contributed by atoms with Gasteiger partial charge < -0.3 is 13.9 Å². The molecule has 0 bridgehead atoms. The molecule has 0 saturated carbocycles. The molecule has 3 rings (SSSR count). The van der Waals surface area contributed by atoms with E-state index in [0.29, 0.717) is 29.4 Å². The van der Waals surface area contributed by atoms with Crippen molar-refractivity contribution in [1.82, 2.24) is 0 Å². The predicted molar refractivity (Wildman–Crippen MR) is 92.5 cm³/mol. The van der Waals surface area contributed by atoms with Gasteiger partial charge in [0.05, 0.1) is 5.56 Å². The second-order valence-electron chi connectivity index (χ2n) is 6.05. The summed E-state index contributed by atoms with van der Waals surface area (Å²) in [6, 6.07) is 7.22. The number of allylic oxidation sites excluding steroid dienone is 2. The Bertz CT molecular complexity index is 849. The van der Waals surface area contributed by atoms with Gasteiger partial charge in [0.1, 0.15) is 29.6 Å². The monoisotopic (exact) mass is 324 g/mol. The van der Waals surface area contributed by atoms with Crippen molar-refractivity contribution in [1.29, 1.82) is 0 Å². The van der Waals surface area contributed by atoms with Crippen LogP contribution >= 0.6 is 0 Å². The molecule has 2 aromatic rings. The number of ketones is 1. The van der Waals surface area contributed by atoms with Crippen LogP contribution in [0.2, 0.25) is 0 Å². The summed E-state index contributed by atoms with van der Waals surface area (Å²) in [7, 11) is 0. The van der Waals surface area contributed by atoms with Crippen molar-refractivity contribution in [3.63, 3.8) is 0 Å². The van der Waals surface area contributed by atoms with Gasteiger partial charge in [-0.1, -0.05) is 5.57 Å². The molecule has 0 N–H and O–H groups in total. The highest BCUT2D eigenvalue weighted by molar-refractivity contribution is 6.14. The van der Waals surface area contributed by atoms with E-state index in [1.807, 2.05) is 52.0 Å². The molecule has 4 nitrogen and oxygen atoms in total. The molecule has 0 aliphatic carbocycles. The van der Waals surface area contributed by atoms with Crippen LogP contribution in [0.4, 0.5) is 0 Å². The lowest BCUT2D eigenvalue weighted by molar-refractivity contribution is 0.101. The molecule has 0 radical (unpaired) electrons. The number of aryl methyl sites for hydroxylation is 1. The van der Waals surface area contributed by atoms with Gasteiger partial charge in [-0.15, -0.1) is 0 Å². The molecule has 1 aliphatic heterocycles. The molecule has 1 aliphatic rings. The fourth-order valence-electron chi connectivity index (χ4n) is 2.48. The highest BCUT2D eigenvalue weighted by atomic mass is 16.5. The fraction of sp³-hybridized carbons (Fsp3) is 0.250. The molecular formula is C20H20O4.